The maximum Gasteiger partial charge on any atom is 0.307 e. The minimum atomic E-state index is -0.492. The average molecular weight is 296 g/mol. The fourth-order valence-corrected chi connectivity index (χ4v) is 1.94. The lowest BCUT2D eigenvalue weighted by molar-refractivity contribution is -0.140. The smallest absolute Gasteiger partial charge is 0.307 e. The van der Waals surface area contributed by atoms with E-state index in [1.165, 1.54) is 24.1 Å². The molecule has 21 heavy (non-hydrogen) atoms. The van der Waals surface area contributed by atoms with Gasteiger partial charge in [0.2, 0.25) is 0 Å². The van der Waals surface area contributed by atoms with E-state index in [1.54, 1.807) is 0 Å². The number of nitrogens with two attached hydrogens (primary N) is 1. The Balaban J connectivity index is 2.90. The summed E-state index contributed by atoms with van der Waals surface area (Å²) in [6.45, 7) is 4.64. The third-order valence-corrected chi connectivity index (χ3v) is 2.93. The quantitative estimate of drug-likeness (QED) is 0.644. The monoisotopic (exact) mass is 296 g/mol. The standard InChI is InChI=1S/C15H21FN2O3/c1-10(2)9-18(7-6-14(19)21-3)15(20)12-5-4-11(16)8-13(12)17/h4-5,8,10H,6-7,9,17H2,1-3H3. The Kier molecular flexibility index (Phi) is 6.14. The third-order valence-electron chi connectivity index (χ3n) is 2.93. The molecular formula is C15H21FN2O3. The van der Waals surface area contributed by atoms with Gasteiger partial charge in [-0.2, -0.15) is 0 Å². The topological polar surface area (TPSA) is 72.6 Å². The van der Waals surface area contributed by atoms with Crippen molar-refractivity contribution in [2.24, 2.45) is 5.92 Å². The van der Waals surface area contributed by atoms with Crippen molar-refractivity contribution in [2.45, 2.75) is 20.3 Å². The van der Waals surface area contributed by atoms with Gasteiger partial charge in [-0.1, -0.05) is 13.8 Å². The number of anilines is 1. The van der Waals surface area contributed by atoms with Crippen LogP contribution >= 0.6 is 0 Å². The number of halogens is 1. The Bertz CT molecular complexity index is 518. The second-order valence-corrected chi connectivity index (χ2v) is 5.20. The summed E-state index contributed by atoms with van der Waals surface area (Å²) in [6.07, 6.45) is 0.107. The van der Waals surface area contributed by atoms with E-state index in [0.29, 0.717) is 6.54 Å². The molecule has 1 amide bonds. The summed E-state index contributed by atoms with van der Waals surface area (Å²) in [5.74, 6) is -0.962. The molecule has 1 rings (SSSR count). The van der Waals surface area contributed by atoms with Crippen LogP contribution in [-0.4, -0.2) is 37.0 Å². The summed E-state index contributed by atoms with van der Waals surface area (Å²) in [5, 5.41) is 0. The number of hydrogen-bond acceptors (Lipinski definition) is 4. The summed E-state index contributed by atoms with van der Waals surface area (Å²) in [4.78, 5) is 25.3. The van der Waals surface area contributed by atoms with Crippen LogP contribution in [0.15, 0.2) is 18.2 Å². The Morgan fingerprint density at radius 2 is 2.05 bits per heavy atom. The zero-order valence-electron chi connectivity index (χ0n) is 12.6. The molecule has 0 saturated carbocycles. The number of nitrogen functional groups attached to an aromatic ring is 1. The van der Waals surface area contributed by atoms with Gasteiger partial charge in [-0.05, 0) is 24.1 Å². The molecule has 1 aromatic carbocycles. The molecule has 2 N–H and O–H groups in total. The predicted molar refractivity (Wildman–Crippen MR) is 78.2 cm³/mol. The van der Waals surface area contributed by atoms with Crippen molar-refractivity contribution < 1.29 is 18.7 Å². The van der Waals surface area contributed by atoms with E-state index < -0.39 is 5.82 Å². The largest absolute Gasteiger partial charge is 0.469 e. The molecule has 6 heteroatoms. The highest BCUT2D eigenvalue weighted by molar-refractivity contribution is 5.99. The fraction of sp³-hybridized carbons (Fsp3) is 0.467. The van der Waals surface area contributed by atoms with Crippen LogP contribution in [-0.2, 0) is 9.53 Å². The lowest BCUT2D eigenvalue weighted by Gasteiger charge is -2.24. The predicted octanol–water partition coefficient (Wildman–Crippen LogP) is 2.07. The highest BCUT2D eigenvalue weighted by Crippen LogP contribution is 2.17. The number of carbonyl (C=O) groups excluding carboxylic acids is 2. The lowest BCUT2D eigenvalue weighted by Crippen LogP contribution is -2.36. The van der Waals surface area contributed by atoms with E-state index in [9.17, 15) is 14.0 Å². The number of amides is 1. The summed E-state index contributed by atoms with van der Waals surface area (Å²) in [7, 11) is 1.30. The molecule has 0 aliphatic rings. The molecule has 1 aromatic rings. The van der Waals surface area contributed by atoms with Crippen molar-refractivity contribution >= 4 is 17.6 Å². The lowest BCUT2D eigenvalue weighted by atomic mass is 10.1. The molecule has 0 atom stereocenters. The number of hydrogen-bond donors (Lipinski definition) is 1. The van der Waals surface area contributed by atoms with E-state index in [-0.39, 0.29) is 42.0 Å². The molecule has 0 saturated heterocycles. The molecule has 0 unspecified atom stereocenters. The highest BCUT2D eigenvalue weighted by Gasteiger charge is 2.20. The van der Waals surface area contributed by atoms with Gasteiger partial charge in [0.05, 0.1) is 19.1 Å². The van der Waals surface area contributed by atoms with Crippen molar-refractivity contribution in [3.8, 4) is 0 Å². The number of rotatable bonds is 6. The Morgan fingerprint density at radius 1 is 1.38 bits per heavy atom. The molecule has 0 bridgehead atoms. The first kappa shape index (κ1) is 16.9. The number of methoxy groups -OCH3 is 1. The van der Waals surface area contributed by atoms with Gasteiger partial charge in [0, 0.05) is 18.8 Å². The molecule has 0 radical (unpaired) electrons. The molecule has 0 aliphatic carbocycles. The number of ether oxygens (including phenoxy) is 1. The van der Waals surface area contributed by atoms with Gasteiger partial charge in [0.15, 0.2) is 0 Å². The van der Waals surface area contributed by atoms with Gasteiger partial charge in [-0.15, -0.1) is 0 Å². The van der Waals surface area contributed by atoms with Crippen LogP contribution in [0.5, 0.6) is 0 Å². The van der Waals surface area contributed by atoms with E-state index in [4.69, 9.17) is 5.73 Å². The van der Waals surface area contributed by atoms with Gasteiger partial charge in [0.25, 0.3) is 5.91 Å². The van der Waals surface area contributed by atoms with Crippen LogP contribution in [0.25, 0.3) is 0 Å². The van der Waals surface area contributed by atoms with Crippen molar-refractivity contribution in [2.75, 3.05) is 25.9 Å². The summed E-state index contributed by atoms with van der Waals surface area (Å²) < 4.78 is 17.6. The van der Waals surface area contributed by atoms with E-state index in [1.807, 2.05) is 13.8 Å². The van der Waals surface area contributed by atoms with Crippen molar-refractivity contribution in [3.05, 3.63) is 29.6 Å². The van der Waals surface area contributed by atoms with E-state index in [2.05, 4.69) is 4.74 Å². The maximum absolute atomic E-state index is 13.1. The Morgan fingerprint density at radius 3 is 2.57 bits per heavy atom. The van der Waals surface area contributed by atoms with Gasteiger partial charge >= 0.3 is 5.97 Å². The SMILES string of the molecule is COC(=O)CCN(CC(C)C)C(=O)c1ccc(F)cc1N. The van der Waals surface area contributed by atoms with Crippen LogP contribution < -0.4 is 5.73 Å². The summed E-state index contributed by atoms with van der Waals surface area (Å²) in [6, 6.07) is 3.66. The Hall–Kier alpha value is -2.11. The molecule has 0 fully saturated rings. The van der Waals surface area contributed by atoms with Crippen molar-refractivity contribution in [3.63, 3.8) is 0 Å². The number of carbonyl (C=O) groups is 2. The van der Waals surface area contributed by atoms with Gasteiger partial charge < -0.3 is 15.4 Å². The maximum atomic E-state index is 13.1. The zero-order chi connectivity index (χ0) is 16.0. The molecular weight excluding hydrogens is 275 g/mol. The number of benzene rings is 1. The highest BCUT2D eigenvalue weighted by atomic mass is 19.1. The van der Waals surface area contributed by atoms with Crippen LogP contribution in [0.1, 0.15) is 30.6 Å². The summed E-state index contributed by atoms with van der Waals surface area (Å²) in [5.41, 5.74) is 6.02. The second kappa shape index (κ2) is 7.61. The molecule has 0 spiro atoms. The molecule has 0 aromatic heterocycles. The van der Waals surface area contributed by atoms with Crippen LogP contribution in [0.3, 0.4) is 0 Å². The average Bonchev–Trinajstić information content (AvgIpc) is 2.42. The molecule has 5 nitrogen and oxygen atoms in total. The van der Waals surface area contributed by atoms with Crippen LogP contribution in [0.4, 0.5) is 10.1 Å². The minimum absolute atomic E-state index is 0.0897. The molecule has 116 valence electrons. The number of nitrogens with zero attached hydrogens (tertiary/aromatic N) is 1. The molecule has 0 aliphatic heterocycles. The number of esters is 1. The fourth-order valence-electron chi connectivity index (χ4n) is 1.94. The minimum Gasteiger partial charge on any atom is -0.469 e. The Labute approximate surface area is 123 Å². The summed E-state index contributed by atoms with van der Waals surface area (Å²) >= 11 is 0. The van der Waals surface area contributed by atoms with Gasteiger partial charge in [-0.25, -0.2) is 4.39 Å². The van der Waals surface area contributed by atoms with Gasteiger partial charge in [-0.3, -0.25) is 9.59 Å². The van der Waals surface area contributed by atoms with Crippen molar-refractivity contribution in [1.82, 2.24) is 4.90 Å². The zero-order valence-corrected chi connectivity index (χ0v) is 12.6. The normalized spacial score (nSPS) is 10.5. The first-order valence-corrected chi connectivity index (χ1v) is 6.76. The van der Waals surface area contributed by atoms with Crippen LogP contribution in [0.2, 0.25) is 0 Å². The molecule has 0 heterocycles. The third kappa shape index (κ3) is 5.06. The van der Waals surface area contributed by atoms with Gasteiger partial charge in [0.1, 0.15) is 5.82 Å². The van der Waals surface area contributed by atoms with Crippen LogP contribution in [0, 0.1) is 11.7 Å². The van der Waals surface area contributed by atoms with E-state index in [0.717, 1.165) is 6.07 Å². The first-order valence-electron chi connectivity index (χ1n) is 6.76. The second-order valence-electron chi connectivity index (χ2n) is 5.20. The van der Waals surface area contributed by atoms with E-state index >= 15 is 0 Å². The van der Waals surface area contributed by atoms with Crippen molar-refractivity contribution in [1.29, 1.82) is 0 Å². The first-order chi connectivity index (χ1) is 9.85.